The zero-order valence-electron chi connectivity index (χ0n) is 15.0. The molecule has 0 bridgehead atoms. The summed E-state index contributed by atoms with van der Waals surface area (Å²) >= 11 is 0. The number of aromatic nitrogens is 2. The van der Waals surface area contributed by atoms with E-state index in [4.69, 9.17) is 0 Å². The average molecular weight is 382 g/mol. The summed E-state index contributed by atoms with van der Waals surface area (Å²) in [5, 5.41) is 0. The topological polar surface area (TPSA) is 69.3 Å². The predicted molar refractivity (Wildman–Crippen MR) is 105 cm³/mol. The molecule has 0 saturated heterocycles. The van der Waals surface area contributed by atoms with Gasteiger partial charge in [-0.05, 0) is 24.1 Å². The number of anilines is 1. The van der Waals surface area contributed by atoms with E-state index in [1.807, 2.05) is 30.3 Å². The molecule has 0 aliphatic carbocycles. The number of rotatable bonds is 5. The van der Waals surface area contributed by atoms with Crippen LogP contribution in [0.1, 0.15) is 11.3 Å². The maximum atomic E-state index is 13.2. The third-order valence-electron chi connectivity index (χ3n) is 4.86. The van der Waals surface area contributed by atoms with Crippen molar-refractivity contribution in [3.05, 3.63) is 78.4 Å². The highest BCUT2D eigenvalue weighted by Gasteiger charge is 2.32. The lowest BCUT2D eigenvalue weighted by molar-refractivity contribution is 0.411. The SMILES string of the molecule is O=S1(=O)c2ccccc2N(CCc2ccccc2)CCN1Cc1cnc[nH]1. The molecule has 0 spiro atoms. The van der Waals surface area contributed by atoms with Gasteiger partial charge >= 0.3 is 0 Å². The minimum atomic E-state index is -3.57. The Bertz CT molecular complexity index is 988. The number of hydrogen-bond acceptors (Lipinski definition) is 4. The van der Waals surface area contributed by atoms with Crippen molar-refractivity contribution in [2.45, 2.75) is 17.9 Å². The van der Waals surface area contributed by atoms with Crippen LogP contribution in [0.5, 0.6) is 0 Å². The molecule has 3 aromatic rings. The molecule has 1 aliphatic rings. The van der Waals surface area contributed by atoms with Crippen molar-refractivity contribution in [3.63, 3.8) is 0 Å². The van der Waals surface area contributed by atoms with Crippen LogP contribution in [0.4, 0.5) is 5.69 Å². The van der Waals surface area contributed by atoms with Crippen LogP contribution in [-0.4, -0.2) is 42.3 Å². The maximum absolute atomic E-state index is 13.2. The average Bonchev–Trinajstić information content (AvgIpc) is 3.17. The number of imidazole rings is 1. The van der Waals surface area contributed by atoms with Gasteiger partial charge in [0, 0.05) is 31.5 Å². The second kappa shape index (κ2) is 7.54. The standard InChI is InChI=1S/C20H22N4O2S/c25-27(26)20-9-5-4-8-19(20)23(11-10-17-6-2-1-3-7-17)12-13-24(27)15-18-14-21-16-22-18/h1-9,14,16H,10-13,15H2,(H,21,22). The molecule has 27 heavy (non-hydrogen) atoms. The quantitative estimate of drug-likeness (QED) is 0.737. The van der Waals surface area contributed by atoms with Gasteiger partial charge in [-0.15, -0.1) is 0 Å². The Morgan fingerprint density at radius 3 is 2.56 bits per heavy atom. The Morgan fingerprint density at radius 1 is 1.00 bits per heavy atom. The van der Waals surface area contributed by atoms with Crippen molar-refractivity contribution in [2.75, 3.05) is 24.5 Å². The van der Waals surface area contributed by atoms with Crippen LogP contribution >= 0.6 is 0 Å². The molecule has 4 rings (SSSR count). The molecule has 0 unspecified atom stereocenters. The largest absolute Gasteiger partial charge is 0.369 e. The number of hydrogen-bond donors (Lipinski definition) is 1. The van der Waals surface area contributed by atoms with Crippen molar-refractivity contribution in [1.82, 2.24) is 14.3 Å². The van der Waals surface area contributed by atoms with Crippen LogP contribution in [0.25, 0.3) is 0 Å². The number of nitrogens with zero attached hydrogens (tertiary/aromatic N) is 3. The third-order valence-corrected chi connectivity index (χ3v) is 6.75. The fourth-order valence-corrected chi connectivity index (χ4v) is 5.04. The van der Waals surface area contributed by atoms with E-state index in [1.54, 1.807) is 24.7 Å². The highest BCUT2D eigenvalue weighted by molar-refractivity contribution is 7.89. The summed E-state index contributed by atoms with van der Waals surface area (Å²) < 4.78 is 28.0. The first-order valence-corrected chi connectivity index (χ1v) is 10.4. The van der Waals surface area contributed by atoms with E-state index >= 15 is 0 Å². The highest BCUT2D eigenvalue weighted by Crippen LogP contribution is 2.31. The normalized spacial score (nSPS) is 16.7. The van der Waals surface area contributed by atoms with Crippen LogP contribution < -0.4 is 4.90 Å². The molecule has 0 amide bonds. The van der Waals surface area contributed by atoms with Gasteiger partial charge in [-0.2, -0.15) is 4.31 Å². The van der Waals surface area contributed by atoms with Gasteiger partial charge in [-0.3, -0.25) is 0 Å². The minimum Gasteiger partial charge on any atom is -0.369 e. The zero-order valence-corrected chi connectivity index (χ0v) is 15.8. The van der Waals surface area contributed by atoms with E-state index in [9.17, 15) is 8.42 Å². The first-order chi connectivity index (χ1) is 13.1. The predicted octanol–water partition coefficient (Wildman–Crippen LogP) is 2.66. The minimum absolute atomic E-state index is 0.295. The molecule has 1 aliphatic heterocycles. The van der Waals surface area contributed by atoms with Crippen molar-refractivity contribution >= 4 is 15.7 Å². The number of nitrogens with one attached hydrogen (secondary N) is 1. The van der Waals surface area contributed by atoms with E-state index in [1.165, 1.54) is 9.87 Å². The van der Waals surface area contributed by atoms with E-state index in [-0.39, 0.29) is 0 Å². The fraction of sp³-hybridized carbons (Fsp3) is 0.250. The molecule has 0 fully saturated rings. The summed E-state index contributed by atoms with van der Waals surface area (Å²) in [6, 6.07) is 17.5. The lowest BCUT2D eigenvalue weighted by Gasteiger charge is -2.24. The van der Waals surface area contributed by atoms with Gasteiger partial charge in [0.25, 0.3) is 0 Å². The van der Waals surface area contributed by atoms with Crippen LogP contribution in [0.3, 0.4) is 0 Å². The van der Waals surface area contributed by atoms with Gasteiger partial charge in [0.1, 0.15) is 4.90 Å². The molecule has 2 heterocycles. The Labute approximate surface area is 159 Å². The summed E-state index contributed by atoms with van der Waals surface area (Å²) in [4.78, 5) is 9.53. The van der Waals surface area contributed by atoms with E-state index in [2.05, 4.69) is 27.0 Å². The van der Waals surface area contributed by atoms with Gasteiger partial charge < -0.3 is 9.88 Å². The van der Waals surface area contributed by atoms with Gasteiger partial charge in [-0.25, -0.2) is 13.4 Å². The van der Waals surface area contributed by atoms with Crippen LogP contribution in [-0.2, 0) is 23.0 Å². The number of fused-ring (bicyclic) bond motifs is 1. The summed E-state index contributed by atoms with van der Waals surface area (Å²) in [5.74, 6) is 0. The van der Waals surface area contributed by atoms with E-state index < -0.39 is 10.0 Å². The number of benzene rings is 2. The number of H-pyrrole nitrogens is 1. The Kier molecular flexibility index (Phi) is 4.96. The molecule has 1 aromatic heterocycles. The lowest BCUT2D eigenvalue weighted by atomic mass is 10.1. The fourth-order valence-electron chi connectivity index (χ4n) is 3.41. The lowest BCUT2D eigenvalue weighted by Crippen LogP contribution is -2.35. The Morgan fingerprint density at radius 2 is 1.78 bits per heavy atom. The molecule has 2 aromatic carbocycles. The third kappa shape index (κ3) is 3.74. The van der Waals surface area contributed by atoms with E-state index in [0.29, 0.717) is 24.5 Å². The molecule has 6 nitrogen and oxygen atoms in total. The molecular formula is C20H22N4O2S. The molecule has 140 valence electrons. The monoisotopic (exact) mass is 382 g/mol. The molecular weight excluding hydrogens is 360 g/mol. The van der Waals surface area contributed by atoms with Gasteiger partial charge in [0.05, 0.1) is 18.6 Å². The molecule has 0 radical (unpaired) electrons. The second-order valence-corrected chi connectivity index (χ2v) is 8.51. The number of para-hydroxylation sites is 1. The summed E-state index contributed by atoms with van der Waals surface area (Å²) in [5.41, 5.74) is 2.81. The Balaban J connectivity index is 1.62. The maximum Gasteiger partial charge on any atom is 0.245 e. The van der Waals surface area contributed by atoms with Crippen LogP contribution in [0.15, 0.2) is 72.0 Å². The summed E-state index contributed by atoms with van der Waals surface area (Å²) in [7, 11) is -3.57. The summed E-state index contributed by atoms with van der Waals surface area (Å²) in [6.45, 7) is 2.15. The molecule has 1 N–H and O–H groups in total. The van der Waals surface area contributed by atoms with Crippen LogP contribution in [0.2, 0.25) is 0 Å². The first-order valence-electron chi connectivity index (χ1n) is 9.00. The zero-order chi connectivity index (χ0) is 18.7. The van der Waals surface area contributed by atoms with Crippen molar-refractivity contribution in [2.24, 2.45) is 0 Å². The van der Waals surface area contributed by atoms with Gasteiger partial charge in [-0.1, -0.05) is 42.5 Å². The van der Waals surface area contributed by atoms with Crippen molar-refractivity contribution < 1.29 is 8.42 Å². The van der Waals surface area contributed by atoms with Crippen molar-refractivity contribution in [1.29, 1.82) is 0 Å². The Hall–Kier alpha value is -2.64. The smallest absolute Gasteiger partial charge is 0.245 e. The van der Waals surface area contributed by atoms with Gasteiger partial charge in [0.15, 0.2) is 0 Å². The van der Waals surface area contributed by atoms with E-state index in [0.717, 1.165) is 24.3 Å². The first kappa shape index (κ1) is 17.8. The second-order valence-electron chi connectivity index (χ2n) is 6.61. The molecule has 7 heteroatoms. The van der Waals surface area contributed by atoms with Crippen LogP contribution in [0, 0.1) is 0 Å². The summed E-state index contributed by atoms with van der Waals surface area (Å²) in [6.07, 6.45) is 4.11. The molecule has 0 atom stereocenters. The number of sulfonamides is 1. The highest BCUT2D eigenvalue weighted by atomic mass is 32.2. The van der Waals surface area contributed by atoms with Gasteiger partial charge in [0.2, 0.25) is 10.0 Å². The molecule has 0 saturated carbocycles. The number of aromatic amines is 1. The van der Waals surface area contributed by atoms with Crippen molar-refractivity contribution in [3.8, 4) is 0 Å².